The van der Waals surface area contributed by atoms with Crippen molar-refractivity contribution in [3.05, 3.63) is 53.1 Å². The maximum Gasteiger partial charge on any atom is 0.203 e. The number of carbonyl (C=O) groups excluding carboxylic acids is 1. The summed E-state index contributed by atoms with van der Waals surface area (Å²) in [6.07, 6.45) is 0.745. The average molecular weight is 286 g/mol. The zero-order valence-corrected chi connectivity index (χ0v) is 12.4. The van der Waals surface area contributed by atoms with Gasteiger partial charge in [0.1, 0.15) is 12.9 Å². The van der Waals surface area contributed by atoms with Crippen LogP contribution in [0.25, 0.3) is 0 Å². The molecule has 4 nitrogen and oxygen atoms in total. The van der Waals surface area contributed by atoms with Gasteiger partial charge in [0.15, 0.2) is 11.5 Å². The Bertz CT molecular complexity index is 609. The lowest BCUT2D eigenvalue weighted by molar-refractivity contribution is 0.112. The van der Waals surface area contributed by atoms with E-state index in [9.17, 15) is 4.79 Å². The molecule has 21 heavy (non-hydrogen) atoms. The molecule has 0 atom stereocenters. The number of hydrogen-bond acceptors (Lipinski definition) is 4. The van der Waals surface area contributed by atoms with Gasteiger partial charge in [0.25, 0.3) is 0 Å². The van der Waals surface area contributed by atoms with E-state index in [0.29, 0.717) is 29.4 Å². The van der Waals surface area contributed by atoms with E-state index >= 15 is 0 Å². The average Bonchev–Trinajstić information content (AvgIpc) is 2.52. The molecule has 0 spiro atoms. The highest BCUT2D eigenvalue weighted by atomic mass is 16.5. The van der Waals surface area contributed by atoms with Gasteiger partial charge < -0.3 is 14.2 Å². The monoisotopic (exact) mass is 286 g/mol. The Morgan fingerprint density at radius 3 is 2.24 bits per heavy atom. The van der Waals surface area contributed by atoms with Crippen LogP contribution in [0.5, 0.6) is 17.2 Å². The fraction of sp³-hybridized carbons (Fsp3) is 0.235. The minimum absolute atomic E-state index is 0.398. The van der Waals surface area contributed by atoms with E-state index in [1.807, 2.05) is 25.1 Å². The van der Waals surface area contributed by atoms with Gasteiger partial charge in [-0.3, -0.25) is 4.79 Å². The van der Waals surface area contributed by atoms with Crippen molar-refractivity contribution >= 4 is 6.29 Å². The standard InChI is InChI=1S/C17H18O4/c1-12-5-4-6-13(7-12)11-21-17-15(19-2)8-14(10-18)9-16(17)20-3/h4-10H,11H2,1-3H3. The van der Waals surface area contributed by atoms with Gasteiger partial charge in [-0.25, -0.2) is 0 Å². The first-order valence-corrected chi connectivity index (χ1v) is 6.57. The number of methoxy groups -OCH3 is 2. The van der Waals surface area contributed by atoms with Crippen LogP contribution in [0.15, 0.2) is 36.4 Å². The topological polar surface area (TPSA) is 44.8 Å². The second kappa shape index (κ2) is 6.79. The molecule has 2 aromatic carbocycles. The van der Waals surface area contributed by atoms with E-state index in [1.54, 1.807) is 12.1 Å². The van der Waals surface area contributed by atoms with Crippen molar-refractivity contribution in [3.63, 3.8) is 0 Å². The zero-order chi connectivity index (χ0) is 15.2. The van der Waals surface area contributed by atoms with Gasteiger partial charge in [-0.15, -0.1) is 0 Å². The Labute approximate surface area is 124 Å². The first-order chi connectivity index (χ1) is 10.2. The highest BCUT2D eigenvalue weighted by molar-refractivity contribution is 5.78. The van der Waals surface area contributed by atoms with Gasteiger partial charge in [0, 0.05) is 5.56 Å². The van der Waals surface area contributed by atoms with Crippen LogP contribution in [0.2, 0.25) is 0 Å². The van der Waals surface area contributed by atoms with Gasteiger partial charge in [-0.2, -0.15) is 0 Å². The number of aryl methyl sites for hydroxylation is 1. The molecule has 0 aromatic heterocycles. The van der Waals surface area contributed by atoms with Gasteiger partial charge >= 0.3 is 0 Å². The van der Waals surface area contributed by atoms with Crippen molar-refractivity contribution in [3.8, 4) is 17.2 Å². The molecule has 2 rings (SSSR count). The molecule has 0 heterocycles. The summed E-state index contributed by atoms with van der Waals surface area (Å²) < 4.78 is 16.4. The molecule has 0 amide bonds. The number of rotatable bonds is 6. The largest absolute Gasteiger partial charge is 0.493 e. The molecule has 110 valence electrons. The molecule has 0 saturated heterocycles. The fourth-order valence-electron chi connectivity index (χ4n) is 2.07. The fourth-order valence-corrected chi connectivity index (χ4v) is 2.07. The smallest absolute Gasteiger partial charge is 0.203 e. The van der Waals surface area contributed by atoms with Crippen LogP contribution >= 0.6 is 0 Å². The van der Waals surface area contributed by atoms with E-state index in [-0.39, 0.29) is 0 Å². The van der Waals surface area contributed by atoms with Gasteiger partial charge in [-0.1, -0.05) is 29.8 Å². The summed E-state index contributed by atoms with van der Waals surface area (Å²) in [6.45, 7) is 2.43. The van der Waals surface area contributed by atoms with Crippen LogP contribution in [0.1, 0.15) is 21.5 Å². The van der Waals surface area contributed by atoms with Gasteiger partial charge in [0.2, 0.25) is 5.75 Å². The Hall–Kier alpha value is -2.49. The quantitative estimate of drug-likeness (QED) is 0.763. The number of ether oxygens (including phenoxy) is 3. The van der Waals surface area contributed by atoms with Crippen molar-refractivity contribution in [1.29, 1.82) is 0 Å². The molecule has 0 aliphatic heterocycles. The van der Waals surface area contributed by atoms with Crippen molar-refractivity contribution < 1.29 is 19.0 Å². The maximum atomic E-state index is 10.9. The molecule has 0 fully saturated rings. The van der Waals surface area contributed by atoms with Gasteiger partial charge in [0.05, 0.1) is 14.2 Å². The summed E-state index contributed by atoms with van der Waals surface area (Å²) in [5, 5.41) is 0. The summed E-state index contributed by atoms with van der Waals surface area (Å²) in [6, 6.07) is 11.3. The summed E-state index contributed by atoms with van der Waals surface area (Å²) in [7, 11) is 3.06. The maximum absolute atomic E-state index is 10.9. The lowest BCUT2D eigenvalue weighted by Gasteiger charge is -2.15. The Kier molecular flexibility index (Phi) is 4.82. The molecule has 0 unspecified atom stereocenters. The molecule has 0 saturated carbocycles. The van der Waals surface area contributed by atoms with Crippen LogP contribution in [-0.4, -0.2) is 20.5 Å². The molecule has 0 N–H and O–H groups in total. The molecule has 0 aliphatic carbocycles. The molecule has 2 aromatic rings. The molecule has 0 radical (unpaired) electrons. The summed E-state index contributed by atoms with van der Waals surface area (Å²) >= 11 is 0. The van der Waals surface area contributed by atoms with Crippen molar-refractivity contribution in [2.24, 2.45) is 0 Å². The Balaban J connectivity index is 2.28. The second-order valence-electron chi connectivity index (χ2n) is 4.65. The lowest BCUT2D eigenvalue weighted by Crippen LogP contribution is -2.01. The van der Waals surface area contributed by atoms with Crippen LogP contribution < -0.4 is 14.2 Å². The minimum atomic E-state index is 0.398. The molecule has 0 aliphatic rings. The third-order valence-electron chi connectivity index (χ3n) is 3.08. The van der Waals surface area contributed by atoms with Crippen molar-refractivity contribution in [2.45, 2.75) is 13.5 Å². The SMILES string of the molecule is COc1cc(C=O)cc(OC)c1OCc1cccc(C)c1. The van der Waals surface area contributed by atoms with E-state index in [1.165, 1.54) is 19.8 Å². The molecule has 0 bridgehead atoms. The Morgan fingerprint density at radius 1 is 1.05 bits per heavy atom. The number of aldehydes is 1. The van der Waals surface area contributed by atoms with E-state index < -0.39 is 0 Å². The lowest BCUT2D eigenvalue weighted by atomic mass is 10.1. The normalized spacial score (nSPS) is 10.0. The Morgan fingerprint density at radius 2 is 1.71 bits per heavy atom. The molecular weight excluding hydrogens is 268 g/mol. The zero-order valence-electron chi connectivity index (χ0n) is 12.4. The van der Waals surface area contributed by atoms with Gasteiger partial charge in [-0.05, 0) is 24.6 Å². The predicted molar refractivity (Wildman–Crippen MR) is 80.4 cm³/mol. The number of benzene rings is 2. The van der Waals surface area contributed by atoms with Crippen LogP contribution in [-0.2, 0) is 6.61 Å². The first kappa shape index (κ1) is 14.9. The predicted octanol–water partition coefficient (Wildman–Crippen LogP) is 3.40. The minimum Gasteiger partial charge on any atom is -0.493 e. The van der Waals surface area contributed by atoms with Crippen LogP contribution in [0.3, 0.4) is 0 Å². The van der Waals surface area contributed by atoms with E-state index in [0.717, 1.165) is 11.8 Å². The molecule has 4 heteroatoms. The van der Waals surface area contributed by atoms with Crippen molar-refractivity contribution in [2.75, 3.05) is 14.2 Å². The van der Waals surface area contributed by atoms with Crippen LogP contribution in [0, 0.1) is 6.92 Å². The van der Waals surface area contributed by atoms with E-state index in [2.05, 4.69) is 6.07 Å². The third-order valence-corrected chi connectivity index (χ3v) is 3.08. The second-order valence-corrected chi connectivity index (χ2v) is 4.65. The third kappa shape index (κ3) is 3.54. The van der Waals surface area contributed by atoms with Crippen LogP contribution in [0.4, 0.5) is 0 Å². The first-order valence-electron chi connectivity index (χ1n) is 6.57. The van der Waals surface area contributed by atoms with Crippen molar-refractivity contribution in [1.82, 2.24) is 0 Å². The highest BCUT2D eigenvalue weighted by Crippen LogP contribution is 2.38. The summed E-state index contributed by atoms with van der Waals surface area (Å²) in [5.41, 5.74) is 2.71. The summed E-state index contributed by atoms with van der Waals surface area (Å²) in [5.74, 6) is 1.44. The molecular formula is C17H18O4. The highest BCUT2D eigenvalue weighted by Gasteiger charge is 2.14. The number of hydrogen-bond donors (Lipinski definition) is 0. The number of carbonyl (C=O) groups is 1. The summed E-state index contributed by atoms with van der Waals surface area (Å²) in [4.78, 5) is 10.9. The van der Waals surface area contributed by atoms with E-state index in [4.69, 9.17) is 14.2 Å².